The fraction of sp³-hybridized carbons (Fsp3) is 0.293. The fourth-order valence-corrected chi connectivity index (χ4v) is 8.19. The molecule has 53 heavy (non-hydrogen) atoms. The molecular formula is C41H42FN4O6P. The smallest absolute Gasteiger partial charge is 0.415 e. The van der Waals surface area contributed by atoms with Crippen LogP contribution in [0.25, 0.3) is 10.9 Å². The van der Waals surface area contributed by atoms with Crippen LogP contribution in [0, 0.1) is 5.82 Å². The number of carbonyl (C=O) groups is 2. The molecule has 10 nitrogen and oxygen atoms in total. The van der Waals surface area contributed by atoms with Gasteiger partial charge in [-0.25, -0.2) is 9.18 Å². The van der Waals surface area contributed by atoms with Crippen molar-refractivity contribution in [2.75, 3.05) is 45.7 Å². The van der Waals surface area contributed by atoms with Crippen LogP contribution in [0.3, 0.4) is 0 Å². The topological polar surface area (TPSA) is 93.7 Å². The third-order valence-corrected chi connectivity index (χ3v) is 11.1. The van der Waals surface area contributed by atoms with Gasteiger partial charge in [0.15, 0.2) is 14.1 Å². The first kappa shape index (κ1) is 36.4. The number of pyridine rings is 1. The molecule has 0 N–H and O–H groups in total. The molecule has 4 aromatic carbocycles. The lowest BCUT2D eigenvalue weighted by Gasteiger charge is -2.35. The minimum absolute atomic E-state index is 0.156. The maximum atomic E-state index is 14.5. The third kappa shape index (κ3) is 8.19. The largest absolute Gasteiger partial charge is 0.478 e. The number of aromatic nitrogens is 1. The summed E-state index contributed by atoms with van der Waals surface area (Å²) in [6.45, 7) is 7.67. The van der Waals surface area contributed by atoms with Gasteiger partial charge in [0.05, 0.1) is 31.6 Å². The summed E-state index contributed by atoms with van der Waals surface area (Å²) in [6.07, 6.45) is 1.24. The van der Waals surface area contributed by atoms with Gasteiger partial charge in [-0.3, -0.25) is 14.7 Å². The van der Waals surface area contributed by atoms with Gasteiger partial charge in [0.2, 0.25) is 0 Å². The van der Waals surface area contributed by atoms with Crippen molar-refractivity contribution in [3.05, 3.63) is 137 Å². The van der Waals surface area contributed by atoms with Gasteiger partial charge < -0.3 is 28.3 Å². The molecule has 0 atom stereocenters. The summed E-state index contributed by atoms with van der Waals surface area (Å²) in [5, 5.41) is 0.559. The lowest BCUT2D eigenvalue weighted by molar-refractivity contribution is 0.0762. The Bertz CT molecular complexity index is 1980. The van der Waals surface area contributed by atoms with Crippen LogP contribution in [0.4, 0.5) is 9.18 Å². The molecule has 5 aromatic rings. The van der Waals surface area contributed by atoms with Gasteiger partial charge in [-0.15, -0.1) is 0 Å². The van der Waals surface area contributed by atoms with E-state index >= 15 is 0 Å². The molecule has 7 rings (SSSR count). The van der Waals surface area contributed by atoms with E-state index in [1.807, 2.05) is 80.6 Å². The Kier molecular flexibility index (Phi) is 11.6. The molecule has 0 aliphatic carbocycles. The van der Waals surface area contributed by atoms with Crippen LogP contribution in [0.5, 0.6) is 11.5 Å². The standard InChI is InChI=1S/C41H42FN4O6P/c1-3-49-53(50-4-2)28-44-22-24-45(25-23-44)41(48)52-38-33-16-11-21-43-36(33)39(51-37(30-12-7-5-8-13-30)31-14-9-6-10-15-31)35-34(38)27-46(40(35)47)26-29-17-19-32(42)20-18-29/h5-21,37H,3-4,22-28H2,1-2H3. The summed E-state index contributed by atoms with van der Waals surface area (Å²) in [5.41, 5.74) is 3.80. The van der Waals surface area contributed by atoms with Crippen molar-refractivity contribution in [2.24, 2.45) is 0 Å². The second kappa shape index (κ2) is 16.8. The molecule has 1 saturated heterocycles. The molecule has 2 aliphatic heterocycles. The summed E-state index contributed by atoms with van der Waals surface area (Å²) in [4.78, 5) is 38.8. The van der Waals surface area contributed by atoms with Gasteiger partial charge in [0, 0.05) is 49.9 Å². The number of hydrogen-bond acceptors (Lipinski definition) is 8. The highest BCUT2D eigenvalue weighted by Crippen LogP contribution is 2.47. The molecule has 0 saturated carbocycles. The minimum atomic E-state index is -1.03. The number of nitrogens with zero attached hydrogens (tertiary/aromatic N) is 4. The predicted octanol–water partition coefficient (Wildman–Crippen LogP) is 8.16. The molecule has 3 heterocycles. The van der Waals surface area contributed by atoms with Gasteiger partial charge in [-0.05, 0) is 54.8 Å². The SMILES string of the molecule is CCOP(CN1CCN(C(=O)Oc2c3c(c(OC(c4ccccc4)c4ccccc4)c4ncccc24)C(=O)N(Cc2ccc(F)cc2)C3)CC1)OCC. The molecule has 2 amide bonds. The number of fused-ring (bicyclic) bond motifs is 2. The first-order valence-electron chi connectivity index (χ1n) is 17.9. The Labute approximate surface area is 309 Å². The number of rotatable bonds is 13. The quantitative estimate of drug-likeness (QED) is 0.112. The Morgan fingerprint density at radius 3 is 2.09 bits per heavy atom. The Hall–Kier alpha value is -4.93. The van der Waals surface area contributed by atoms with Crippen molar-refractivity contribution in [2.45, 2.75) is 33.0 Å². The number of amides is 2. The molecule has 0 bridgehead atoms. The average Bonchev–Trinajstić information content (AvgIpc) is 3.51. The van der Waals surface area contributed by atoms with Crippen LogP contribution in [-0.4, -0.2) is 77.4 Å². The number of piperazine rings is 1. The average molecular weight is 737 g/mol. The van der Waals surface area contributed by atoms with Gasteiger partial charge >= 0.3 is 6.09 Å². The van der Waals surface area contributed by atoms with E-state index in [4.69, 9.17) is 23.5 Å². The van der Waals surface area contributed by atoms with Crippen molar-refractivity contribution >= 4 is 31.3 Å². The molecule has 0 unspecified atom stereocenters. The molecule has 274 valence electrons. The monoisotopic (exact) mass is 736 g/mol. The van der Waals surface area contributed by atoms with Gasteiger partial charge in [0.25, 0.3) is 5.91 Å². The number of halogens is 1. The molecule has 2 aliphatic rings. The zero-order chi connectivity index (χ0) is 36.7. The van der Waals surface area contributed by atoms with Crippen molar-refractivity contribution in [1.29, 1.82) is 0 Å². The molecule has 12 heteroatoms. The lowest BCUT2D eigenvalue weighted by atomic mass is 9.99. The fourth-order valence-electron chi connectivity index (χ4n) is 6.76. The van der Waals surface area contributed by atoms with Crippen LogP contribution in [-0.2, 0) is 22.1 Å². The first-order valence-corrected chi connectivity index (χ1v) is 19.3. The summed E-state index contributed by atoms with van der Waals surface area (Å²) in [6, 6.07) is 29.3. The third-order valence-electron chi connectivity index (χ3n) is 9.33. The highest BCUT2D eigenvalue weighted by Gasteiger charge is 2.39. The van der Waals surface area contributed by atoms with Crippen molar-refractivity contribution < 1.29 is 32.5 Å². The van der Waals surface area contributed by atoms with E-state index in [0.717, 1.165) is 16.7 Å². The second-order valence-corrected chi connectivity index (χ2v) is 14.3. The summed E-state index contributed by atoms with van der Waals surface area (Å²) < 4.78 is 38.6. The van der Waals surface area contributed by atoms with Crippen LogP contribution < -0.4 is 9.47 Å². The van der Waals surface area contributed by atoms with E-state index in [1.54, 1.807) is 34.2 Å². The summed E-state index contributed by atoms with van der Waals surface area (Å²) in [7, 11) is -1.03. The lowest BCUT2D eigenvalue weighted by Crippen LogP contribution is -2.49. The number of ether oxygens (including phenoxy) is 2. The predicted molar refractivity (Wildman–Crippen MR) is 201 cm³/mol. The van der Waals surface area contributed by atoms with E-state index < -0.39 is 20.6 Å². The van der Waals surface area contributed by atoms with E-state index in [-0.39, 0.29) is 30.6 Å². The molecular weight excluding hydrogens is 694 g/mol. The molecule has 0 radical (unpaired) electrons. The van der Waals surface area contributed by atoms with Crippen LogP contribution in [0.1, 0.15) is 52.6 Å². The Morgan fingerprint density at radius 2 is 1.47 bits per heavy atom. The number of hydrogen-bond donors (Lipinski definition) is 0. The van der Waals surface area contributed by atoms with Crippen molar-refractivity contribution in [3.8, 4) is 11.5 Å². The summed E-state index contributed by atoms with van der Waals surface area (Å²) >= 11 is 0. The Balaban J connectivity index is 1.24. The van der Waals surface area contributed by atoms with E-state index in [0.29, 0.717) is 73.5 Å². The van der Waals surface area contributed by atoms with Gasteiger partial charge in [-0.1, -0.05) is 72.8 Å². The van der Waals surface area contributed by atoms with Gasteiger partial charge in [0.1, 0.15) is 23.2 Å². The molecule has 0 spiro atoms. The zero-order valence-electron chi connectivity index (χ0n) is 29.8. The Morgan fingerprint density at radius 1 is 0.830 bits per heavy atom. The maximum absolute atomic E-state index is 14.5. The van der Waals surface area contributed by atoms with Gasteiger partial charge in [-0.2, -0.15) is 0 Å². The number of carbonyl (C=O) groups excluding carboxylic acids is 2. The summed E-state index contributed by atoms with van der Waals surface area (Å²) in [5.74, 6) is -0.0544. The van der Waals surface area contributed by atoms with Crippen LogP contribution in [0.2, 0.25) is 0 Å². The van der Waals surface area contributed by atoms with Crippen LogP contribution >= 0.6 is 8.38 Å². The second-order valence-electron chi connectivity index (χ2n) is 12.8. The van der Waals surface area contributed by atoms with E-state index in [2.05, 4.69) is 4.90 Å². The van der Waals surface area contributed by atoms with E-state index in [9.17, 15) is 14.0 Å². The number of benzene rings is 4. The molecule has 1 fully saturated rings. The molecule has 1 aromatic heterocycles. The normalized spacial score (nSPS) is 14.7. The van der Waals surface area contributed by atoms with Crippen molar-refractivity contribution in [3.63, 3.8) is 0 Å². The highest BCUT2D eigenvalue weighted by molar-refractivity contribution is 7.47. The first-order chi connectivity index (χ1) is 25.9. The highest BCUT2D eigenvalue weighted by atomic mass is 31.2. The van der Waals surface area contributed by atoms with E-state index in [1.165, 1.54) is 12.1 Å². The minimum Gasteiger partial charge on any atom is -0.478 e. The zero-order valence-corrected chi connectivity index (χ0v) is 30.7. The maximum Gasteiger partial charge on any atom is 0.415 e. The van der Waals surface area contributed by atoms with Crippen LogP contribution in [0.15, 0.2) is 103 Å². The van der Waals surface area contributed by atoms with Crippen molar-refractivity contribution in [1.82, 2.24) is 19.7 Å².